The zero-order chi connectivity index (χ0) is 14.3. The van der Waals surface area contributed by atoms with Crippen LogP contribution >= 0.6 is 0 Å². The molecule has 4 heteroatoms. The van der Waals surface area contributed by atoms with Gasteiger partial charge in [0, 0.05) is 38.4 Å². The number of aliphatic imine (C=N–C) groups is 1. The molecule has 1 aliphatic carbocycles. The van der Waals surface area contributed by atoms with Crippen LogP contribution in [-0.2, 0) is 6.42 Å². The molecule has 0 unspecified atom stereocenters. The van der Waals surface area contributed by atoms with Crippen molar-refractivity contribution in [2.45, 2.75) is 39.0 Å². The summed E-state index contributed by atoms with van der Waals surface area (Å²) in [5.41, 5.74) is 1.55. The Morgan fingerprint density at radius 3 is 2.75 bits per heavy atom. The summed E-state index contributed by atoms with van der Waals surface area (Å²) in [6.07, 6.45) is 8.13. The van der Waals surface area contributed by atoms with Gasteiger partial charge in [-0.1, -0.05) is 25.8 Å². The molecule has 1 aromatic heterocycles. The maximum atomic E-state index is 4.32. The molecule has 1 saturated carbocycles. The third-order valence-corrected chi connectivity index (χ3v) is 4.12. The fourth-order valence-electron chi connectivity index (χ4n) is 2.78. The van der Waals surface area contributed by atoms with Crippen LogP contribution in [0.2, 0.25) is 0 Å². The van der Waals surface area contributed by atoms with Crippen molar-refractivity contribution >= 4 is 5.96 Å². The molecule has 2 N–H and O–H groups in total. The lowest BCUT2D eigenvalue weighted by Crippen LogP contribution is -2.42. The van der Waals surface area contributed by atoms with Crippen LogP contribution in [0.25, 0.3) is 0 Å². The van der Waals surface area contributed by atoms with Crippen molar-refractivity contribution in [3.05, 3.63) is 30.1 Å². The molecule has 20 heavy (non-hydrogen) atoms. The molecule has 0 spiro atoms. The molecule has 1 heterocycles. The fourth-order valence-corrected chi connectivity index (χ4v) is 2.78. The Morgan fingerprint density at radius 1 is 1.30 bits per heavy atom. The molecule has 2 rings (SSSR count). The van der Waals surface area contributed by atoms with E-state index in [2.05, 4.69) is 33.6 Å². The van der Waals surface area contributed by atoms with Gasteiger partial charge < -0.3 is 10.6 Å². The Labute approximate surface area is 122 Å². The first-order valence-electron chi connectivity index (χ1n) is 7.56. The van der Waals surface area contributed by atoms with Gasteiger partial charge in [0.1, 0.15) is 0 Å². The van der Waals surface area contributed by atoms with Crippen molar-refractivity contribution < 1.29 is 0 Å². The minimum Gasteiger partial charge on any atom is -0.356 e. The lowest BCUT2D eigenvalue weighted by molar-refractivity contribution is 0.334. The Bertz CT molecular complexity index is 421. The number of pyridine rings is 1. The zero-order valence-electron chi connectivity index (χ0n) is 12.7. The lowest BCUT2D eigenvalue weighted by Gasteiger charge is -2.25. The van der Waals surface area contributed by atoms with Gasteiger partial charge in [0.2, 0.25) is 0 Å². The van der Waals surface area contributed by atoms with Crippen molar-refractivity contribution in [1.29, 1.82) is 0 Å². The predicted octanol–water partition coefficient (Wildman–Crippen LogP) is 2.37. The molecule has 0 bridgehead atoms. The van der Waals surface area contributed by atoms with E-state index in [4.69, 9.17) is 0 Å². The molecule has 1 aliphatic rings. The SMILES string of the molecule is CN=C(NCCc1ccccn1)NCC1(C)CCCC1. The molecule has 0 aliphatic heterocycles. The number of aromatic nitrogens is 1. The topological polar surface area (TPSA) is 49.3 Å². The molecule has 0 aromatic carbocycles. The summed E-state index contributed by atoms with van der Waals surface area (Å²) in [4.78, 5) is 8.61. The standard InChI is InChI=1S/C16H26N4/c1-16(9-4-5-10-16)13-20-15(17-2)19-12-8-14-7-3-6-11-18-14/h3,6-7,11H,4-5,8-10,12-13H2,1-2H3,(H2,17,19,20). The van der Waals surface area contributed by atoms with Gasteiger partial charge in [-0.25, -0.2) is 0 Å². The van der Waals surface area contributed by atoms with Crippen LogP contribution in [0.5, 0.6) is 0 Å². The monoisotopic (exact) mass is 274 g/mol. The number of rotatable bonds is 5. The van der Waals surface area contributed by atoms with Crippen LogP contribution in [-0.4, -0.2) is 31.1 Å². The van der Waals surface area contributed by atoms with Crippen molar-refractivity contribution in [3.8, 4) is 0 Å². The molecule has 0 saturated heterocycles. The second kappa shape index (κ2) is 7.27. The van der Waals surface area contributed by atoms with Crippen LogP contribution in [0.4, 0.5) is 0 Å². The highest BCUT2D eigenvalue weighted by molar-refractivity contribution is 5.79. The highest BCUT2D eigenvalue weighted by Crippen LogP contribution is 2.36. The first-order valence-corrected chi connectivity index (χ1v) is 7.56. The number of guanidine groups is 1. The summed E-state index contributed by atoms with van der Waals surface area (Å²) >= 11 is 0. The third-order valence-electron chi connectivity index (χ3n) is 4.12. The largest absolute Gasteiger partial charge is 0.356 e. The normalized spacial score (nSPS) is 18.0. The average molecular weight is 274 g/mol. The highest BCUT2D eigenvalue weighted by Gasteiger charge is 2.28. The number of hydrogen-bond acceptors (Lipinski definition) is 2. The molecule has 4 nitrogen and oxygen atoms in total. The van der Waals surface area contributed by atoms with E-state index in [9.17, 15) is 0 Å². The molecule has 0 amide bonds. The summed E-state index contributed by atoms with van der Waals surface area (Å²) in [5, 5.41) is 6.81. The zero-order valence-corrected chi connectivity index (χ0v) is 12.7. The van der Waals surface area contributed by atoms with Gasteiger partial charge >= 0.3 is 0 Å². The summed E-state index contributed by atoms with van der Waals surface area (Å²) in [7, 11) is 1.83. The van der Waals surface area contributed by atoms with E-state index < -0.39 is 0 Å². The predicted molar refractivity (Wildman–Crippen MR) is 83.9 cm³/mol. The van der Waals surface area contributed by atoms with Gasteiger partial charge in [-0.15, -0.1) is 0 Å². The van der Waals surface area contributed by atoms with E-state index in [0.29, 0.717) is 5.41 Å². The number of hydrogen-bond donors (Lipinski definition) is 2. The van der Waals surface area contributed by atoms with E-state index >= 15 is 0 Å². The van der Waals surface area contributed by atoms with Gasteiger partial charge in [0.15, 0.2) is 5.96 Å². The molecule has 1 aromatic rings. The van der Waals surface area contributed by atoms with Gasteiger partial charge in [0.25, 0.3) is 0 Å². The van der Waals surface area contributed by atoms with Crippen LogP contribution < -0.4 is 10.6 Å². The molecule has 0 atom stereocenters. The smallest absolute Gasteiger partial charge is 0.191 e. The molecule has 1 fully saturated rings. The summed E-state index contributed by atoms with van der Waals surface area (Å²) in [6.45, 7) is 4.23. The maximum Gasteiger partial charge on any atom is 0.191 e. The van der Waals surface area contributed by atoms with Crippen molar-refractivity contribution in [3.63, 3.8) is 0 Å². The number of nitrogens with zero attached hydrogens (tertiary/aromatic N) is 2. The number of nitrogens with one attached hydrogen (secondary N) is 2. The van der Waals surface area contributed by atoms with E-state index in [1.165, 1.54) is 25.7 Å². The molecular weight excluding hydrogens is 248 g/mol. The van der Waals surface area contributed by atoms with Gasteiger partial charge in [-0.3, -0.25) is 9.98 Å². The average Bonchev–Trinajstić information content (AvgIpc) is 2.91. The lowest BCUT2D eigenvalue weighted by atomic mass is 9.89. The quantitative estimate of drug-likeness (QED) is 0.640. The second-order valence-corrected chi connectivity index (χ2v) is 5.94. The van der Waals surface area contributed by atoms with Gasteiger partial charge in [-0.05, 0) is 30.4 Å². The minimum atomic E-state index is 0.443. The molecule has 0 radical (unpaired) electrons. The summed E-state index contributed by atoms with van der Waals surface area (Å²) in [5.74, 6) is 0.897. The van der Waals surface area contributed by atoms with E-state index in [1.54, 1.807) is 0 Å². The van der Waals surface area contributed by atoms with Crippen LogP contribution in [0, 0.1) is 5.41 Å². The van der Waals surface area contributed by atoms with Gasteiger partial charge in [-0.2, -0.15) is 0 Å². The van der Waals surface area contributed by atoms with E-state index in [0.717, 1.165) is 31.2 Å². The van der Waals surface area contributed by atoms with Crippen LogP contribution in [0.3, 0.4) is 0 Å². The van der Waals surface area contributed by atoms with Crippen molar-refractivity contribution in [1.82, 2.24) is 15.6 Å². The Kier molecular flexibility index (Phi) is 5.39. The third kappa shape index (κ3) is 4.51. The first-order chi connectivity index (χ1) is 9.72. The Morgan fingerprint density at radius 2 is 2.10 bits per heavy atom. The molecular formula is C16H26N4. The van der Waals surface area contributed by atoms with E-state index in [1.807, 2.05) is 25.4 Å². The summed E-state index contributed by atoms with van der Waals surface area (Å²) < 4.78 is 0. The Balaban J connectivity index is 1.70. The fraction of sp³-hybridized carbons (Fsp3) is 0.625. The van der Waals surface area contributed by atoms with Crippen molar-refractivity contribution in [2.75, 3.05) is 20.1 Å². The highest BCUT2D eigenvalue weighted by atomic mass is 15.2. The minimum absolute atomic E-state index is 0.443. The van der Waals surface area contributed by atoms with Crippen molar-refractivity contribution in [2.24, 2.45) is 10.4 Å². The Hall–Kier alpha value is -1.58. The van der Waals surface area contributed by atoms with Gasteiger partial charge in [0.05, 0.1) is 0 Å². The second-order valence-electron chi connectivity index (χ2n) is 5.94. The van der Waals surface area contributed by atoms with E-state index in [-0.39, 0.29) is 0 Å². The summed E-state index contributed by atoms with van der Waals surface area (Å²) in [6, 6.07) is 6.02. The van der Waals surface area contributed by atoms with Crippen LogP contribution in [0.15, 0.2) is 29.4 Å². The molecule has 110 valence electrons. The van der Waals surface area contributed by atoms with Crippen LogP contribution in [0.1, 0.15) is 38.3 Å². The maximum absolute atomic E-state index is 4.32. The first kappa shape index (κ1) is 14.8.